The van der Waals surface area contributed by atoms with E-state index in [1.54, 1.807) is 0 Å². The SMILES string of the molecule is CCC(C)(C)Oc1ccc(C)cc1N. The van der Waals surface area contributed by atoms with E-state index in [4.69, 9.17) is 10.5 Å². The Balaban J connectivity index is 2.87. The topological polar surface area (TPSA) is 35.2 Å². The highest BCUT2D eigenvalue weighted by Gasteiger charge is 2.17. The molecule has 0 saturated carbocycles. The summed E-state index contributed by atoms with van der Waals surface area (Å²) in [5.41, 5.74) is 7.58. The van der Waals surface area contributed by atoms with Crippen LogP contribution in [-0.2, 0) is 0 Å². The molecule has 0 unspecified atom stereocenters. The highest BCUT2D eigenvalue weighted by molar-refractivity contribution is 5.54. The van der Waals surface area contributed by atoms with Gasteiger partial charge in [0.05, 0.1) is 5.69 Å². The van der Waals surface area contributed by atoms with Crippen LogP contribution in [-0.4, -0.2) is 5.60 Å². The fraction of sp³-hybridized carbons (Fsp3) is 0.500. The first-order chi connectivity index (χ1) is 6.44. The van der Waals surface area contributed by atoms with Crippen molar-refractivity contribution >= 4 is 5.69 Å². The van der Waals surface area contributed by atoms with Gasteiger partial charge in [0, 0.05) is 0 Å². The van der Waals surface area contributed by atoms with Gasteiger partial charge in [-0.3, -0.25) is 0 Å². The lowest BCUT2D eigenvalue weighted by Crippen LogP contribution is -2.27. The minimum Gasteiger partial charge on any atom is -0.486 e. The monoisotopic (exact) mass is 193 g/mol. The standard InChI is InChI=1S/C12H19NO/c1-5-12(3,4)14-11-7-6-9(2)8-10(11)13/h6-8H,5,13H2,1-4H3. The van der Waals surface area contributed by atoms with Crippen molar-refractivity contribution in [3.63, 3.8) is 0 Å². The Kier molecular flexibility index (Phi) is 3.04. The van der Waals surface area contributed by atoms with Gasteiger partial charge < -0.3 is 10.5 Å². The molecule has 0 atom stereocenters. The first-order valence-electron chi connectivity index (χ1n) is 5.00. The molecule has 0 aliphatic carbocycles. The van der Waals surface area contributed by atoms with Gasteiger partial charge in [0.1, 0.15) is 11.4 Å². The largest absolute Gasteiger partial charge is 0.486 e. The molecule has 0 saturated heterocycles. The molecule has 1 rings (SSSR count). The molecule has 0 aliphatic rings. The molecule has 0 bridgehead atoms. The van der Waals surface area contributed by atoms with E-state index in [1.165, 1.54) is 0 Å². The zero-order valence-electron chi connectivity index (χ0n) is 9.42. The van der Waals surface area contributed by atoms with E-state index in [0.717, 1.165) is 17.7 Å². The lowest BCUT2D eigenvalue weighted by atomic mass is 10.1. The van der Waals surface area contributed by atoms with Crippen LogP contribution < -0.4 is 10.5 Å². The number of aryl methyl sites for hydroxylation is 1. The van der Waals surface area contributed by atoms with Crippen LogP contribution in [0.3, 0.4) is 0 Å². The smallest absolute Gasteiger partial charge is 0.143 e. The van der Waals surface area contributed by atoms with E-state index in [0.29, 0.717) is 5.69 Å². The highest BCUT2D eigenvalue weighted by Crippen LogP contribution is 2.27. The summed E-state index contributed by atoms with van der Waals surface area (Å²) in [4.78, 5) is 0. The third-order valence-corrected chi connectivity index (χ3v) is 2.40. The lowest BCUT2D eigenvalue weighted by molar-refractivity contribution is 0.106. The molecule has 2 heteroatoms. The summed E-state index contributed by atoms with van der Waals surface area (Å²) >= 11 is 0. The third-order valence-electron chi connectivity index (χ3n) is 2.40. The van der Waals surface area contributed by atoms with Crippen LogP contribution in [0.15, 0.2) is 18.2 Å². The second kappa shape index (κ2) is 3.91. The molecule has 78 valence electrons. The van der Waals surface area contributed by atoms with E-state index >= 15 is 0 Å². The van der Waals surface area contributed by atoms with Gasteiger partial charge in [-0.15, -0.1) is 0 Å². The van der Waals surface area contributed by atoms with E-state index < -0.39 is 0 Å². The maximum absolute atomic E-state index is 5.86. The Labute approximate surface area is 86.1 Å². The van der Waals surface area contributed by atoms with Crippen molar-refractivity contribution < 1.29 is 4.74 Å². The Bertz CT molecular complexity index is 318. The Morgan fingerprint density at radius 2 is 2.00 bits per heavy atom. The van der Waals surface area contributed by atoms with Crippen molar-refractivity contribution in [3.05, 3.63) is 23.8 Å². The predicted molar refractivity (Wildman–Crippen MR) is 60.6 cm³/mol. The van der Waals surface area contributed by atoms with Gasteiger partial charge in [-0.1, -0.05) is 13.0 Å². The summed E-state index contributed by atoms with van der Waals surface area (Å²) in [6, 6.07) is 5.88. The molecular formula is C12H19NO. The molecule has 2 N–H and O–H groups in total. The zero-order chi connectivity index (χ0) is 10.8. The molecule has 0 amide bonds. The number of hydrogen-bond acceptors (Lipinski definition) is 2. The fourth-order valence-corrected chi connectivity index (χ4v) is 1.13. The molecular weight excluding hydrogens is 174 g/mol. The summed E-state index contributed by atoms with van der Waals surface area (Å²) in [6.07, 6.45) is 0.959. The normalized spacial score (nSPS) is 11.4. The summed E-state index contributed by atoms with van der Waals surface area (Å²) in [5.74, 6) is 0.780. The van der Waals surface area contributed by atoms with E-state index in [-0.39, 0.29) is 5.60 Å². The number of ether oxygens (including phenoxy) is 1. The molecule has 0 aromatic heterocycles. The molecule has 1 aromatic carbocycles. The van der Waals surface area contributed by atoms with Crippen LogP contribution in [0.25, 0.3) is 0 Å². The maximum atomic E-state index is 5.86. The van der Waals surface area contributed by atoms with E-state index in [1.807, 2.05) is 25.1 Å². The summed E-state index contributed by atoms with van der Waals surface area (Å²) in [6.45, 7) is 8.24. The summed E-state index contributed by atoms with van der Waals surface area (Å²) in [5, 5.41) is 0. The number of rotatable bonds is 3. The van der Waals surface area contributed by atoms with Crippen LogP contribution in [0.2, 0.25) is 0 Å². The summed E-state index contributed by atoms with van der Waals surface area (Å²) in [7, 11) is 0. The third kappa shape index (κ3) is 2.66. The average Bonchev–Trinajstić information content (AvgIpc) is 2.10. The second-order valence-corrected chi connectivity index (χ2v) is 4.26. The molecule has 0 spiro atoms. The number of anilines is 1. The van der Waals surface area contributed by atoms with Crippen molar-refractivity contribution in [1.82, 2.24) is 0 Å². The van der Waals surface area contributed by atoms with Gasteiger partial charge in [0.25, 0.3) is 0 Å². The van der Waals surface area contributed by atoms with E-state index in [2.05, 4.69) is 20.8 Å². The molecule has 14 heavy (non-hydrogen) atoms. The van der Waals surface area contributed by atoms with Gasteiger partial charge in [-0.05, 0) is 44.9 Å². The second-order valence-electron chi connectivity index (χ2n) is 4.26. The van der Waals surface area contributed by atoms with E-state index in [9.17, 15) is 0 Å². The summed E-state index contributed by atoms with van der Waals surface area (Å²) < 4.78 is 5.81. The van der Waals surface area contributed by atoms with Crippen LogP contribution in [0.4, 0.5) is 5.69 Å². The van der Waals surface area contributed by atoms with Gasteiger partial charge in [0.15, 0.2) is 0 Å². The number of nitrogen functional groups attached to an aromatic ring is 1. The first kappa shape index (κ1) is 10.9. The van der Waals surface area contributed by atoms with Crippen molar-refractivity contribution in [1.29, 1.82) is 0 Å². The Hall–Kier alpha value is -1.18. The average molecular weight is 193 g/mol. The van der Waals surface area contributed by atoms with Gasteiger partial charge in [0.2, 0.25) is 0 Å². The van der Waals surface area contributed by atoms with Crippen molar-refractivity contribution in [2.45, 2.75) is 39.7 Å². The quantitative estimate of drug-likeness (QED) is 0.748. The van der Waals surface area contributed by atoms with Crippen LogP contribution in [0, 0.1) is 6.92 Å². The van der Waals surface area contributed by atoms with Crippen LogP contribution >= 0.6 is 0 Å². The molecule has 1 aromatic rings. The molecule has 0 radical (unpaired) electrons. The van der Waals surface area contributed by atoms with Crippen molar-refractivity contribution in [2.24, 2.45) is 0 Å². The highest BCUT2D eigenvalue weighted by atomic mass is 16.5. The maximum Gasteiger partial charge on any atom is 0.143 e. The number of nitrogens with two attached hydrogens (primary N) is 1. The van der Waals surface area contributed by atoms with Gasteiger partial charge in [-0.25, -0.2) is 0 Å². The molecule has 2 nitrogen and oxygen atoms in total. The van der Waals surface area contributed by atoms with Crippen molar-refractivity contribution in [2.75, 3.05) is 5.73 Å². The van der Waals surface area contributed by atoms with Crippen LogP contribution in [0.1, 0.15) is 32.8 Å². The number of benzene rings is 1. The lowest BCUT2D eigenvalue weighted by Gasteiger charge is -2.25. The Morgan fingerprint density at radius 1 is 1.36 bits per heavy atom. The number of hydrogen-bond donors (Lipinski definition) is 1. The van der Waals surface area contributed by atoms with Crippen LogP contribution in [0.5, 0.6) is 5.75 Å². The molecule has 0 fully saturated rings. The fourth-order valence-electron chi connectivity index (χ4n) is 1.13. The van der Waals surface area contributed by atoms with Gasteiger partial charge >= 0.3 is 0 Å². The minimum atomic E-state index is -0.149. The zero-order valence-corrected chi connectivity index (χ0v) is 9.42. The molecule has 0 aliphatic heterocycles. The molecule has 0 heterocycles. The first-order valence-corrected chi connectivity index (χ1v) is 5.00. The Morgan fingerprint density at radius 3 is 2.50 bits per heavy atom. The van der Waals surface area contributed by atoms with Crippen molar-refractivity contribution in [3.8, 4) is 5.75 Å². The minimum absolute atomic E-state index is 0.149. The van der Waals surface area contributed by atoms with Gasteiger partial charge in [-0.2, -0.15) is 0 Å². The predicted octanol–water partition coefficient (Wildman–Crippen LogP) is 3.14.